The molecule has 7 heteroatoms. The third-order valence-electron chi connectivity index (χ3n) is 3.91. The second kappa shape index (κ2) is 8.44. The van der Waals surface area contributed by atoms with Crippen LogP contribution in [0.4, 0.5) is 14.5 Å². The summed E-state index contributed by atoms with van der Waals surface area (Å²) in [7, 11) is 0. The third kappa shape index (κ3) is 4.18. The lowest BCUT2D eigenvalue weighted by molar-refractivity contribution is 0.0520. The molecule has 5 nitrogen and oxygen atoms in total. The van der Waals surface area contributed by atoms with Crippen LogP contribution in [0.25, 0.3) is 10.9 Å². The van der Waals surface area contributed by atoms with Gasteiger partial charge in [-0.05, 0) is 51.1 Å². The molecule has 0 aliphatic carbocycles. The predicted octanol–water partition coefficient (Wildman–Crippen LogP) is 4.21. The molecule has 0 spiro atoms. The molecule has 4 N–H and O–H groups in total. The topological polar surface area (TPSA) is 80.1 Å². The van der Waals surface area contributed by atoms with E-state index in [-0.39, 0.29) is 11.6 Å². The summed E-state index contributed by atoms with van der Waals surface area (Å²) in [6.07, 6.45) is 0. The van der Waals surface area contributed by atoms with Gasteiger partial charge in [-0.3, -0.25) is 5.84 Å². The Kier molecular flexibility index (Phi) is 6.30. The van der Waals surface area contributed by atoms with Gasteiger partial charge in [0, 0.05) is 16.5 Å². The van der Waals surface area contributed by atoms with Crippen LogP contribution in [-0.2, 0) is 4.74 Å². The Hall–Kier alpha value is -2.93. The minimum Gasteiger partial charge on any atom is -0.461 e. The van der Waals surface area contributed by atoms with E-state index in [1.54, 1.807) is 45.0 Å². The quantitative estimate of drug-likeness (QED) is 0.371. The summed E-state index contributed by atoms with van der Waals surface area (Å²) in [5, 5.41) is 0.807. The highest BCUT2D eigenvalue weighted by atomic mass is 19.1. The lowest BCUT2D eigenvalue weighted by Gasteiger charge is -2.03. The molecule has 2 aromatic carbocycles. The van der Waals surface area contributed by atoms with E-state index in [1.807, 2.05) is 0 Å². The number of aromatic amines is 1. The maximum Gasteiger partial charge on any atom is 0.354 e. The molecule has 138 valence electrons. The minimum atomic E-state index is -0.418. The third-order valence-corrected chi connectivity index (χ3v) is 3.91. The van der Waals surface area contributed by atoms with Crippen molar-refractivity contribution in [1.29, 1.82) is 0 Å². The first-order chi connectivity index (χ1) is 12.4. The monoisotopic (exact) mass is 361 g/mol. The van der Waals surface area contributed by atoms with Crippen molar-refractivity contribution in [3.8, 4) is 0 Å². The number of aryl methyl sites for hydroxylation is 1. The zero-order valence-electron chi connectivity index (χ0n) is 14.8. The molecule has 0 radical (unpaired) electrons. The van der Waals surface area contributed by atoms with E-state index in [2.05, 4.69) is 10.4 Å². The molecule has 0 fully saturated rings. The summed E-state index contributed by atoms with van der Waals surface area (Å²) in [5.41, 5.74) is 5.07. The van der Waals surface area contributed by atoms with Gasteiger partial charge in [-0.2, -0.15) is 0 Å². The van der Waals surface area contributed by atoms with Crippen LogP contribution < -0.4 is 11.3 Å². The number of nitrogens with one attached hydrogen (secondary N) is 2. The lowest BCUT2D eigenvalue weighted by atomic mass is 10.1. The van der Waals surface area contributed by atoms with Crippen LogP contribution in [0.1, 0.15) is 28.5 Å². The average Bonchev–Trinajstić information content (AvgIpc) is 3.07. The predicted molar refractivity (Wildman–Crippen MR) is 97.9 cm³/mol. The summed E-state index contributed by atoms with van der Waals surface area (Å²) >= 11 is 0. The highest BCUT2D eigenvalue weighted by Crippen LogP contribution is 2.21. The van der Waals surface area contributed by atoms with Crippen molar-refractivity contribution in [2.75, 3.05) is 12.0 Å². The number of ether oxygens (including phenoxy) is 1. The van der Waals surface area contributed by atoms with Gasteiger partial charge in [0.25, 0.3) is 0 Å². The van der Waals surface area contributed by atoms with E-state index in [1.165, 1.54) is 12.1 Å². The molecule has 1 aromatic heterocycles. The number of halogens is 2. The first kappa shape index (κ1) is 19.4. The standard InChI is InChI=1S/C12H12FNO2.C7H9FN2/c1-3-16-12(15)10-6-8-4-5-9(13)7(2)11(8)14-10;1-5-6(8)3-2-4-7(5)10-9/h4-6,14H,3H2,1-2H3;2-4,10H,9H2,1H3. The van der Waals surface area contributed by atoms with Crippen LogP contribution in [0.5, 0.6) is 0 Å². The van der Waals surface area contributed by atoms with Crippen LogP contribution >= 0.6 is 0 Å². The Morgan fingerprint density at radius 2 is 1.85 bits per heavy atom. The number of nitrogen functional groups attached to an aromatic ring is 1. The van der Waals surface area contributed by atoms with Gasteiger partial charge >= 0.3 is 5.97 Å². The fourth-order valence-corrected chi connectivity index (χ4v) is 2.40. The number of carbonyl (C=O) groups excluding carboxylic acids is 1. The number of esters is 1. The number of hydrogen-bond donors (Lipinski definition) is 3. The summed E-state index contributed by atoms with van der Waals surface area (Å²) in [5.74, 6) is 4.16. The molecule has 3 rings (SSSR count). The molecule has 0 saturated carbocycles. The fraction of sp³-hybridized carbons (Fsp3) is 0.211. The zero-order valence-corrected chi connectivity index (χ0v) is 14.8. The largest absolute Gasteiger partial charge is 0.461 e. The molecule has 0 aliphatic rings. The van der Waals surface area contributed by atoms with Crippen LogP contribution in [0, 0.1) is 25.5 Å². The number of benzene rings is 2. The first-order valence-electron chi connectivity index (χ1n) is 8.05. The summed E-state index contributed by atoms with van der Waals surface area (Å²) < 4.78 is 30.8. The van der Waals surface area contributed by atoms with Crippen molar-refractivity contribution in [1.82, 2.24) is 4.98 Å². The number of fused-ring (bicyclic) bond motifs is 1. The number of H-pyrrole nitrogens is 1. The smallest absolute Gasteiger partial charge is 0.354 e. The molecule has 1 heterocycles. The van der Waals surface area contributed by atoms with Gasteiger partial charge in [0.05, 0.1) is 17.8 Å². The van der Waals surface area contributed by atoms with E-state index in [0.29, 0.717) is 34.6 Å². The Morgan fingerprint density at radius 1 is 1.15 bits per heavy atom. The van der Waals surface area contributed by atoms with Gasteiger partial charge in [-0.1, -0.05) is 6.07 Å². The molecule has 0 saturated heterocycles. The van der Waals surface area contributed by atoms with E-state index in [0.717, 1.165) is 5.39 Å². The summed E-state index contributed by atoms with van der Waals surface area (Å²) in [6, 6.07) is 9.42. The molecular weight excluding hydrogens is 340 g/mol. The lowest BCUT2D eigenvalue weighted by Crippen LogP contribution is -2.08. The molecule has 3 aromatic rings. The molecular formula is C19H21F2N3O2. The number of hydrazine groups is 1. The van der Waals surface area contributed by atoms with Crippen LogP contribution in [0.3, 0.4) is 0 Å². The molecule has 0 amide bonds. The number of anilines is 1. The number of aromatic nitrogens is 1. The maximum absolute atomic E-state index is 13.3. The Bertz CT molecular complexity index is 923. The SMILES string of the molecule is CCOC(=O)c1cc2ccc(F)c(C)c2[nH]1.Cc1c(F)cccc1NN. The first-order valence-corrected chi connectivity index (χ1v) is 8.05. The Labute approximate surface area is 150 Å². The van der Waals surface area contributed by atoms with Gasteiger partial charge in [-0.15, -0.1) is 0 Å². The Morgan fingerprint density at radius 3 is 2.46 bits per heavy atom. The van der Waals surface area contributed by atoms with Crippen LogP contribution in [0.15, 0.2) is 36.4 Å². The van der Waals surface area contributed by atoms with Gasteiger partial charge in [0.15, 0.2) is 0 Å². The van der Waals surface area contributed by atoms with E-state index in [9.17, 15) is 13.6 Å². The van der Waals surface area contributed by atoms with Crippen molar-refractivity contribution in [3.63, 3.8) is 0 Å². The van der Waals surface area contributed by atoms with Crippen molar-refractivity contribution in [2.24, 2.45) is 5.84 Å². The van der Waals surface area contributed by atoms with E-state index < -0.39 is 5.97 Å². The average molecular weight is 361 g/mol. The number of rotatable bonds is 3. The fourth-order valence-electron chi connectivity index (χ4n) is 2.40. The molecule has 0 atom stereocenters. The number of hydrogen-bond acceptors (Lipinski definition) is 4. The molecule has 26 heavy (non-hydrogen) atoms. The highest BCUT2D eigenvalue weighted by Gasteiger charge is 2.12. The van der Waals surface area contributed by atoms with Gasteiger partial charge in [-0.25, -0.2) is 13.6 Å². The van der Waals surface area contributed by atoms with E-state index >= 15 is 0 Å². The normalized spacial score (nSPS) is 10.2. The minimum absolute atomic E-state index is 0.240. The number of carbonyl (C=O) groups is 1. The highest BCUT2D eigenvalue weighted by molar-refractivity contribution is 5.95. The number of nitrogens with two attached hydrogens (primary N) is 1. The Balaban J connectivity index is 0.000000209. The molecule has 0 unspecified atom stereocenters. The van der Waals surface area contributed by atoms with Crippen LogP contribution in [-0.4, -0.2) is 17.6 Å². The molecule has 0 aliphatic heterocycles. The van der Waals surface area contributed by atoms with Gasteiger partial charge in [0.1, 0.15) is 17.3 Å². The maximum atomic E-state index is 13.3. The van der Waals surface area contributed by atoms with Crippen molar-refractivity contribution in [3.05, 3.63) is 64.9 Å². The second-order valence-electron chi connectivity index (χ2n) is 5.60. The molecule has 0 bridgehead atoms. The van der Waals surface area contributed by atoms with Gasteiger partial charge < -0.3 is 15.1 Å². The second-order valence-corrected chi connectivity index (χ2v) is 5.60. The van der Waals surface area contributed by atoms with Crippen molar-refractivity contribution < 1.29 is 18.3 Å². The van der Waals surface area contributed by atoms with Gasteiger partial charge in [0.2, 0.25) is 0 Å². The van der Waals surface area contributed by atoms with Crippen molar-refractivity contribution >= 4 is 22.6 Å². The summed E-state index contributed by atoms with van der Waals surface area (Å²) in [6.45, 7) is 5.40. The summed E-state index contributed by atoms with van der Waals surface area (Å²) in [4.78, 5) is 14.3. The van der Waals surface area contributed by atoms with Crippen molar-refractivity contribution in [2.45, 2.75) is 20.8 Å². The van der Waals surface area contributed by atoms with E-state index in [4.69, 9.17) is 10.6 Å². The van der Waals surface area contributed by atoms with Crippen LogP contribution in [0.2, 0.25) is 0 Å². The zero-order chi connectivity index (χ0) is 19.3.